The fourth-order valence-electron chi connectivity index (χ4n) is 0.486. The number of methoxy groups -OCH3 is 1. The summed E-state index contributed by atoms with van der Waals surface area (Å²) < 4.78 is 9.04. The van der Waals surface area contributed by atoms with Gasteiger partial charge in [0, 0.05) is 0 Å². The summed E-state index contributed by atoms with van der Waals surface area (Å²) in [5.41, 5.74) is 0. The number of amides is 1. The molecule has 1 aromatic heterocycles. The van der Waals surface area contributed by atoms with Crippen LogP contribution in [0.5, 0.6) is 0 Å². The normalized spacial score (nSPS) is 9.50. The van der Waals surface area contributed by atoms with Gasteiger partial charge in [-0.1, -0.05) is 11.8 Å². The van der Waals surface area contributed by atoms with Crippen molar-refractivity contribution in [3.05, 3.63) is 0 Å². The van der Waals surface area contributed by atoms with Crippen LogP contribution in [0.1, 0.15) is 0 Å². The van der Waals surface area contributed by atoms with Crippen molar-refractivity contribution >= 4 is 35.3 Å². The first-order chi connectivity index (χ1) is 5.76. The number of carbonyl (C=O) groups is 1. The van der Waals surface area contributed by atoms with E-state index in [0.29, 0.717) is 0 Å². The molecule has 5 nitrogen and oxygen atoms in total. The lowest BCUT2D eigenvalue weighted by Gasteiger charge is -1.95. The molecule has 0 unspecified atom stereocenters. The van der Waals surface area contributed by atoms with Gasteiger partial charge in [0.05, 0.1) is 7.11 Å². The molecule has 0 saturated carbocycles. The number of ether oxygens (including phenoxy) is 1. The van der Waals surface area contributed by atoms with Gasteiger partial charge in [0.1, 0.15) is 0 Å². The highest BCUT2D eigenvalue weighted by Crippen LogP contribution is 2.18. The Morgan fingerprint density at radius 2 is 2.50 bits per heavy atom. The molecule has 66 valence electrons. The molecule has 0 spiro atoms. The topological polar surface area (TPSA) is 64.1 Å². The zero-order valence-electron chi connectivity index (χ0n) is 6.53. The van der Waals surface area contributed by atoms with Crippen LogP contribution >= 0.6 is 23.3 Å². The van der Waals surface area contributed by atoms with Crippen LogP contribution in [0.4, 0.5) is 10.7 Å². The summed E-state index contributed by atoms with van der Waals surface area (Å²) >= 11 is 2.71. The van der Waals surface area contributed by atoms with Crippen LogP contribution in [0.15, 0.2) is 4.34 Å². The minimum absolute atomic E-state index is 0.288. The maximum atomic E-state index is 10.7. The van der Waals surface area contributed by atoms with Crippen molar-refractivity contribution in [2.24, 2.45) is 0 Å². The van der Waals surface area contributed by atoms with Crippen LogP contribution in [0.25, 0.3) is 0 Å². The van der Waals surface area contributed by atoms with Gasteiger partial charge < -0.3 is 4.74 Å². The number of rotatable bonds is 2. The molecule has 12 heavy (non-hydrogen) atoms. The first-order valence-corrected chi connectivity index (χ1v) is 4.98. The number of aromatic nitrogens is 2. The fourth-order valence-corrected chi connectivity index (χ4v) is 1.45. The van der Waals surface area contributed by atoms with E-state index >= 15 is 0 Å². The third-order valence-electron chi connectivity index (χ3n) is 0.981. The van der Waals surface area contributed by atoms with Gasteiger partial charge in [-0.25, -0.2) is 4.79 Å². The molecule has 0 saturated heterocycles. The highest BCUT2D eigenvalue weighted by molar-refractivity contribution is 8.00. The molecular formula is C5H7N3O2S2. The Morgan fingerprint density at radius 3 is 3.00 bits per heavy atom. The highest BCUT2D eigenvalue weighted by Gasteiger charge is 2.05. The van der Waals surface area contributed by atoms with Crippen LogP contribution in [0.3, 0.4) is 0 Å². The Balaban J connectivity index is 2.58. The summed E-state index contributed by atoms with van der Waals surface area (Å²) in [5, 5.41) is 2.36. The maximum absolute atomic E-state index is 10.7. The molecule has 0 radical (unpaired) electrons. The van der Waals surface area contributed by atoms with Gasteiger partial charge in [0.15, 0.2) is 4.34 Å². The molecule has 0 atom stereocenters. The van der Waals surface area contributed by atoms with Crippen LogP contribution in [-0.2, 0) is 4.74 Å². The number of hydrogen-bond acceptors (Lipinski definition) is 6. The van der Waals surface area contributed by atoms with Crippen molar-refractivity contribution in [1.29, 1.82) is 0 Å². The Kier molecular flexibility index (Phi) is 3.30. The van der Waals surface area contributed by atoms with E-state index in [0.717, 1.165) is 4.34 Å². The summed E-state index contributed by atoms with van der Waals surface area (Å²) in [6, 6.07) is 0. The van der Waals surface area contributed by atoms with Crippen molar-refractivity contribution < 1.29 is 9.53 Å². The smallest absolute Gasteiger partial charge is 0.413 e. The van der Waals surface area contributed by atoms with E-state index in [1.54, 1.807) is 0 Å². The Morgan fingerprint density at radius 1 is 1.75 bits per heavy atom. The van der Waals surface area contributed by atoms with Gasteiger partial charge in [0.2, 0.25) is 5.95 Å². The van der Waals surface area contributed by atoms with Crippen molar-refractivity contribution in [1.82, 2.24) is 9.36 Å². The van der Waals surface area contributed by atoms with E-state index in [1.165, 1.54) is 30.4 Å². The molecule has 1 amide bonds. The second-order valence-electron chi connectivity index (χ2n) is 1.70. The molecule has 1 N–H and O–H groups in total. The molecule has 0 aliphatic carbocycles. The van der Waals surface area contributed by atoms with Gasteiger partial charge in [-0.2, -0.15) is 9.36 Å². The highest BCUT2D eigenvalue weighted by atomic mass is 32.2. The van der Waals surface area contributed by atoms with Crippen molar-refractivity contribution in [2.75, 3.05) is 18.7 Å². The van der Waals surface area contributed by atoms with E-state index in [2.05, 4.69) is 19.4 Å². The summed E-state index contributed by atoms with van der Waals surface area (Å²) in [4.78, 5) is 14.6. The Hall–Kier alpha value is -0.820. The Bertz CT molecular complexity index is 275. The lowest BCUT2D eigenvalue weighted by molar-refractivity contribution is 0.186. The first kappa shape index (κ1) is 9.27. The van der Waals surface area contributed by atoms with Crippen LogP contribution < -0.4 is 5.32 Å². The number of nitrogens with zero attached hydrogens (tertiary/aromatic N) is 2. The van der Waals surface area contributed by atoms with E-state index in [-0.39, 0.29) is 5.95 Å². The van der Waals surface area contributed by atoms with Crippen LogP contribution in [0, 0.1) is 0 Å². The van der Waals surface area contributed by atoms with Gasteiger partial charge in [-0.3, -0.25) is 5.32 Å². The molecule has 0 aliphatic rings. The standard InChI is InChI=1S/C5H7N3O2S2/c1-10-4(9)6-3-7-5(11-2)12-8-3/h1-2H3,(H,6,8,9). The average molecular weight is 205 g/mol. The van der Waals surface area contributed by atoms with Crippen LogP contribution in [-0.4, -0.2) is 28.8 Å². The predicted molar refractivity (Wildman–Crippen MR) is 47.7 cm³/mol. The number of anilines is 1. The third-order valence-corrected chi connectivity index (χ3v) is 2.66. The summed E-state index contributed by atoms with van der Waals surface area (Å²) in [6.45, 7) is 0. The number of nitrogens with one attached hydrogen (secondary N) is 1. The van der Waals surface area contributed by atoms with Crippen molar-refractivity contribution in [3.8, 4) is 0 Å². The third kappa shape index (κ3) is 2.35. The molecule has 0 aliphatic heterocycles. The predicted octanol–water partition coefficient (Wildman–Crippen LogP) is 1.44. The molecule has 0 bridgehead atoms. The molecular weight excluding hydrogens is 198 g/mol. The summed E-state index contributed by atoms with van der Waals surface area (Å²) in [6.07, 6.45) is 1.34. The minimum Gasteiger partial charge on any atom is -0.453 e. The summed E-state index contributed by atoms with van der Waals surface area (Å²) in [7, 11) is 1.29. The van der Waals surface area contributed by atoms with Gasteiger partial charge in [0.25, 0.3) is 0 Å². The molecule has 0 fully saturated rings. The minimum atomic E-state index is -0.555. The van der Waals surface area contributed by atoms with E-state index in [4.69, 9.17) is 0 Å². The fraction of sp³-hybridized carbons (Fsp3) is 0.400. The zero-order valence-corrected chi connectivity index (χ0v) is 8.16. The van der Waals surface area contributed by atoms with E-state index < -0.39 is 6.09 Å². The molecule has 0 aromatic carbocycles. The van der Waals surface area contributed by atoms with Gasteiger partial charge >= 0.3 is 6.09 Å². The van der Waals surface area contributed by atoms with E-state index in [1.807, 2.05) is 6.26 Å². The Labute approximate surface area is 77.7 Å². The molecule has 1 aromatic rings. The second kappa shape index (κ2) is 4.27. The zero-order chi connectivity index (χ0) is 8.97. The molecule has 7 heteroatoms. The van der Waals surface area contributed by atoms with Gasteiger partial charge in [-0.05, 0) is 17.8 Å². The summed E-state index contributed by atoms with van der Waals surface area (Å²) in [5.74, 6) is 0.288. The maximum Gasteiger partial charge on any atom is 0.413 e. The quantitative estimate of drug-likeness (QED) is 0.740. The monoisotopic (exact) mass is 205 g/mol. The van der Waals surface area contributed by atoms with Crippen molar-refractivity contribution in [2.45, 2.75) is 4.34 Å². The van der Waals surface area contributed by atoms with Crippen molar-refractivity contribution in [3.63, 3.8) is 0 Å². The van der Waals surface area contributed by atoms with E-state index in [9.17, 15) is 4.79 Å². The van der Waals surface area contributed by atoms with Gasteiger partial charge in [-0.15, -0.1) is 0 Å². The molecule has 1 rings (SSSR count). The first-order valence-electron chi connectivity index (χ1n) is 2.99. The second-order valence-corrected chi connectivity index (χ2v) is 3.51. The SMILES string of the molecule is COC(=O)Nc1nsc(SC)n1. The lowest BCUT2D eigenvalue weighted by atomic mass is 10.9. The number of carbonyl (C=O) groups excluding carboxylic acids is 1. The number of hydrogen-bond donors (Lipinski definition) is 1. The average Bonchev–Trinajstić information content (AvgIpc) is 2.52. The number of thioether (sulfide) groups is 1. The van der Waals surface area contributed by atoms with Crippen LogP contribution in [0.2, 0.25) is 0 Å². The molecule has 1 heterocycles. The lowest BCUT2D eigenvalue weighted by Crippen LogP contribution is -2.11. The largest absolute Gasteiger partial charge is 0.453 e.